The Bertz CT molecular complexity index is 352. The van der Waals surface area contributed by atoms with Crippen LogP contribution in [0.25, 0.3) is 0 Å². The summed E-state index contributed by atoms with van der Waals surface area (Å²) >= 11 is 4.89. The Hall–Kier alpha value is -0.450. The number of hydrogen-bond acceptors (Lipinski definition) is 2. The van der Waals surface area contributed by atoms with Crippen molar-refractivity contribution in [1.82, 2.24) is 0 Å². The Morgan fingerprint density at radius 2 is 2.15 bits per heavy atom. The van der Waals surface area contributed by atoms with Crippen LogP contribution in [0.2, 0.25) is 0 Å². The lowest BCUT2D eigenvalue weighted by molar-refractivity contribution is -0.136. The zero-order valence-corrected chi connectivity index (χ0v) is 8.96. The first kappa shape index (κ1) is 10.6. The van der Waals surface area contributed by atoms with Crippen molar-refractivity contribution in [2.45, 2.75) is 11.3 Å². The van der Waals surface area contributed by atoms with Crippen LogP contribution >= 0.6 is 10.7 Å². The van der Waals surface area contributed by atoms with Gasteiger partial charge in [0.1, 0.15) is 0 Å². The predicted octanol–water partition coefficient (Wildman–Crippen LogP) is 1.91. The first-order valence-corrected chi connectivity index (χ1v) is 6.46. The molecule has 1 unspecified atom stereocenters. The number of benzene rings is 1. The molecule has 1 atom stereocenters. The molecule has 0 bridgehead atoms. The van der Waals surface area contributed by atoms with Crippen molar-refractivity contribution in [3.63, 3.8) is 0 Å². The van der Waals surface area contributed by atoms with E-state index in [-0.39, 0.29) is 6.42 Å². The molecule has 1 N–H and O–H groups in total. The second kappa shape index (κ2) is 4.69. The smallest absolute Gasteiger partial charge is 0.307 e. The third-order valence-corrected chi connectivity index (χ3v) is 3.27. The summed E-state index contributed by atoms with van der Waals surface area (Å²) in [5, 5.41) is 8.60. The van der Waals surface area contributed by atoms with Crippen molar-refractivity contribution in [2.24, 2.45) is 0 Å². The van der Waals surface area contributed by atoms with Gasteiger partial charge in [0.2, 0.25) is 0 Å². The molecule has 70 valence electrons. The Labute approximate surface area is 87.6 Å². The molecule has 0 aromatic heterocycles. The van der Waals surface area contributed by atoms with Crippen LogP contribution in [-0.2, 0) is 31.1 Å². The number of carbonyl (C=O) groups is 1. The minimum atomic E-state index is -0.871. The van der Waals surface area contributed by atoms with Crippen LogP contribution in [0.15, 0.2) is 29.2 Å². The average molecular weight is 235 g/mol. The van der Waals surface area contributed by atoms with Gasteiger partial charge < -0.3 is 5.11 Å². The maximum atomic E-state index is 10.5. The summed E-state index contributed by atoms with van der Waals surface area (Å²) in [6.07, 6.45) is -0.0248. The van der Waals surface area contributed by atoms with E-state index in [4.69, 9.17) is 27.0 Å². The van der Waals surface area contributed by atoms with Gasteiger partial charge in [0.05, 0.1) is 6.42 Å². The lowest BCUT2D eigenvalue weighted by Gasteiger charge is -2.03. The molecule has 0 spiro atoms. The van der Waals surface area contributed by atoms with Gasteiger partial charge in [-0.1, -0.05) is 18.2 Å². The summed E-state index contributed by atoms with van der Waals surface area (Å²) in [6.45, 7) is 0. The minimum absolute atomic E-state index is 0.0248. The van der Waals surface area contributed by atoms with Crippen LogP contribution in [0.1, 0.15) is 5.56 Å². The topological polar surface area (TPSA) is 37.3 Å². The molecule has 2 nitrogen and oxygen atoms in total. The first-order valence-electron chi connectivity index (χ1n) is 3.49. The molecule has 0 aliphatic rings. The van der Waals surface area contributed by atoms with Gasteiger partial charge >= 0.3 is 5.97 Å². The summed E-state index contributed by atoms with van der Waals surface area (Å²) in [5.74, 6) is -0.871. The molecule has 0 fully saturated rings. The van der Waals surface area contributed by atoms with Gasteiger partial charge in [0.25, 0.3) is 0 Å². The lowest BCUT2D eigenvalue weighted by atomic mass is 10.1. The quantitative estimate of drug-likeness (QED) is 0.812. The van der Waals surface area contributed by atoms with Gasteiger partial charge in [-0.15, -0.1) is 0 Å². The lowest BCUT2D eigenvalue weighted by Crippen LogP contribution is -2.02. The van der Waals surface area contributed by atoms with Crippen LogP contribution in [0.4, 0.5) is 0 Å². The van der Waals surface area contributed by atoms with Crippen molar-refractivity contribution < 1.29 is 9.90 Å². The molecular weight excluding hydrogens is 228 g/mol. The number of halogens is 1. The third-order valence-electron chi connectivity index (χ3n) is 1.49. The molecular formula is C8H7ClO2S2. The number of rotatable bonds is 3. The van der Waals surface area contributed by atoms with Crippen molar-refractivity contribution in [1.29, 1.82) is 0 Å². The van der Waals surface area contributed by atoms with E-state index < -0.39 is 14.6 Å². The summed E-state index contributed by atoms with van der Waals surface area (Å²) in [6, 6.07) is 7.08. The number of carboxylic acids is 1. The van der Waals surface area contributed by atoms with Gasteiger partial charge in [-0.25, -0.2) is 0 Å². The number of aliphatic carboxylic acids is 1. The maximum absolute atomic E-state index is 10.5. The van der Waals surface area contributed by atoms with Gasteiger partial charge in [-0.3, -0.25) is 4.79 Å². The summed E-state index contributed by atoms with van der Waals surface area (Å²) in [7, 11) is 4.93. The van der Waals surface area contributed by atoms with Crippen LogP contribution in [0.5, 0.6) is 0 Å². The predicted molar refractivity (Wildman–Crippen MR) is 56.6 cm³/mol. The molecule has 0 heterocycles. The second-order valence-corrected chi connectivity index (χ2v) is 5.76. The van der Waals surface area contributed by atoms with Crippen molar-refractivity contribution in [3.05, 3.63) is 29.8 Å². The van der Waals surface area contributed by atoms with E-state index >= 15 is 0 Å². The maximum Gasteiger partial charge on any atom is 0.307 e. The van der Waals surface area contributed by atoms with E-state index in [0.29, 0.717) is 5.56 Å². The fraction of sp³-hybridized carbons (Fsp3) is 0.125. The summed E-state index contributed by atoms with van der Waals surface area (Å²) in [5.41, 5.74) is 0.698. The molecule has 0 amide bonds. The van der Waals surface area contributed by atoms with E-state index in [2.05, 4.69) is 0 Å². The molecule has 0 aliphatic heterocycles. The minimum Gasteiger partial charge on any atom is -0.481 e. The average Bonchev–Trinajstić information content (AvgIpc) is 2.03. The first-order chi connectivity index (χ1) is 6.11. The fourth-order valence-corrected chi connectivity index (χ4v) is 2.44. The monoisotopic (exact) mass is 234 g/mol. The van der Waals surface area contributed by atoms with Crippen LogP contribution in [0.3, 0.4) is 0 Å². The van der Waals surface area contributed by atoms with Gasteiger partial charge in [0, 0.05) is 13.6 Å². The highest BCUT2D eigenvalue weighted by molar-refractivity contribution is 8.42. The van der Waals surface area contributed by atoms with Gasteiger partial charge in [-0.05, 0) is 33.5 Å². The highest BCUT2D eigenvalue weighted by atomic mass is 35.7. The van der Waals surface area contributed by atoms with E-state index in [0.717, 1.165) is 4.90 Å². The SMILES string of the molecule is O=C(O)Cc1ccccc1S(=S)Cl. The second-order valence-electron chi connectivity index (χ2n) is 2.40. The molecule has 1 aromatic rings. The normalized spacial score (nSPS) is 12.4. The van der Waals surface area contributed by atoms with Crippen LogP contribution in [0, 0.1) is 0 Å². The molecule has 0 saturated heterocycles. The Balaban J connectivity index is 3.04. The molecule has 0 saturated carbocycles. The molecule has 0 aliphatic carbocycles. The Morgan fingerprint density at radius 3 is 2.69 bits per heavy atom. The molecule has 1 rings (SSSR count). The molecule has 0 radical (unpaired) electrons. The third kappa shape index (κ3) is 3.06. The number of hydrogen-bond donors (Lipinski definition) is 1. The van der Waals surface area contributed by atoms with Gasteiger partial charge in [0.15, 0.2) is 0 Å². The Morgan fingerprint density at radius 1 is 1.54 bits per heavy atom. The molecule has 5 heteroatoms. The van der Waals surface area contributed by atoms with Gasteiger partial charge in [-0.2, -0.15) is 0 Å². The highest BCUT2D eigenvalue weighted by Crippen LogP contribution is 2.16. The number of carboxylic acid groups (broad SMARTS) is 1. The molecule has 1 aromatic carbocycles. The van der Waals surface area contributed by atoms with Crippen molar-refractivity contribution in [2.75, 3.05) is 0 Å². The van der Waals surface area contributed by atoms with Crippen molar-refractivity contribution in [3.8, 4) is 0 Å². The van der Waals surface area contributed by atoms with E-state index in [9.17, 15) is 4.79 Å². The standard InChI is InChI=1S/C8H7ClO2S2/c9-13(12)7-4-2-1-3-6(7)5-8(10)11/h1-4H,5H2,(H,10,11). The zero-order chi connectivity index (χ0) is 9.84. The van der Waals surface area contributed by atoms with Crippen LogP contribution < -0.4 is 0 Å². The molecule has 13 heavy (non-hydrogen) atoms. The van der Waals surface area contributed by atoms with E-state index in [1.54, 1.807) is 24.3 Å². The van der Waals surface area contributed by atoms with E-state index in [1.165, 1.54) is 0 Å². The summed E-state index contributed by atoms with van der Waals surface area (Å²) < 4.78 is 0. The van der Waals surface area contributed by atoms with Crippen LogP contribution in [-0.4, -0.2) is 11.1 Å². The highest BCUT2D eigenvalue weighted by Gasteiger charge is 2.07. The zero-order valence-electron chi connectivity index (χ0n) is 6.57. The van der Waals surface area contributed by atoms with E-state index in [1.807, 2.05) is 0 Å². The fourth-order valence-electron chi connectivity index (χ4n) is 0.969. The Kier molecular flexibility index (Phi) is 3.84. The largest absolute Gasteiger partial charge is 0.481 e. The summed E-state index contributed by atoms with van der Waals surface area (Å²) in [4.78, 5) is 11.2. The van der Waals surface area contributed by atoms with Crippen molar-refractivity contribution >= 4 is 36.5 Å².